The molecule has 7 heteroatoms. The van der Waals surface area contributed by atoms with Crippen LogP contribution in [-0.2, 0) is 6.54 Å². The molecule has 1 N–H and O–H groups in total. The average Bonchev–Trinajstić information content (AvgIpc) is 2.46. The Hall–Kier alpha value is -1.79. The summed E-state index contributed by atoms with van der Waals surface area (Å²) in [5.74, 6) is 0.580. The third-order valence-electron chi connectivity index (χ3n) is 2.88. The lowest BCUT2D eigenvalue weighted by Gasteiger charge is -2.09. The van der Waals surface area contributed by atoms with Crippen LogP contribution in [0, 0.1) is 10.1 Å². The van der Waals surface area contributed by atoms with Crippen LogP contribution in [0.25, 0.3) is 0 Å². The summed E-state index contributed by atoms with van der Waals surface area (Å²) in [6, 6.07) is 10.2. The Labute approximate surface area is 135 Å². The molecule has 0 saturated heterocycles. The van der Waals surface area contributed by atoms with Crippen molar-refractivity contribution in [1.29, 1.82) is 0 Å². The maximum absolute atomic E-state index is 11.0. The van der Waals surface area contributed by atoms with E-state index in [1.54, 1.807) is 37.4 Å². The quantitative estimate of drug-likeness (QED) is 0.614. The number of anilines is 1. The number of benzene rings is 2. The minimum absolute atomic E-state index is 0.0662. The van der Waals surface area contributed by atoms with E-state index in [9.17, 15) is 10.1 Å². The summed E-state index contributed by atoms with van der Waals surface area (Å²) in [4.78, 5) is 10.6. The van der Waals surface area contributed by atoms with Crippen LogP contribution < -0.4 is 10.1 Å². The van der Waals surface area contributed by atoms with Gasteiger partial charge in [-0.1, -0.05) is 27.5 Å². The van der Waals surface area contributed by atoms with Crippen LogP contribution in [0.1, 0.15) is 5.56 Å². The monoisotopic (exact) mass is 370 g/mol. The summed E-state index contributed by atoms with van der Waals surface area (Å²) in [7, 11) is 1.54. The molecule has 0 aliphatic rings. The predicted molar refractivity (Wildman–Crippen MR) is 86.1 cm³/mol. The number of nitrogens with one attached hydrogen (secondary N) is 1. The van der Waals surface area contributed by atoms with Crippen molar-refractivity contribution in [2.45, 2.75) is 6.54 Å². The first-order valence-electron chi connectivity index (χ1n) is 6.01. The molecule has 0 aliphatic heterocycles. The first kappa shape index (κ1) is 15.6. The second-order valence-corrected chi connectivity index (χ2v) is 5.56. The van der Waals surface area contributed by atoms with Gasteiger partial charge in [0.05, 0.1) is 17.1 Å². The van der Waals surface area contributed by atoms with Crippen molar-refractivity contribution >= 4 is 38.9 Å². The van der Waals surface area contributed by atoms with Crippen LogP contribution in [0.3, 0.4) is 0 Å². The van der Waals surface area contributed by atoms with Gasteiger partial charge in [-0.3, -0.25) is 10.1 Å². The minimum atomic E-state index is -0.400. The zero-order valence-electron chi connectivity index (χ0n) is 11.1. The Kier molecular flexibility index (Phi) is 5.03. The first-order valence-corrected chi connectivity index (χ1v) is 7.18. The van der Waals surface area contributed by atoms with Crippen LogP contribution in [0.4, 0.5) is 11.4 Å². The molecule has 0 spiro atoms. The fraction of sp³-hybridized carbons (Fsp3) is 0.143. The molecular weight excluding hydrogens is 360 g/mol. The van der Waals surface area contributed by atoms with E-state index >= 15 is 0 Å². The highest BCUT2D eigenvalue weighted by Crippen LogP contribution is 2.28. The maximum atomic E-state index is 11.0. The molecule has 21 heavy (non-hydrogen) atoms. The van der Waals surface area contributed by atoms with Gasteiger partial charge >= 0.3 is 0 Å². The van der Waals surface area contributed by atoms with E-state index in [0.717, 1.165) is 5.69 Å². The fourth-order valence-electron chi connectivity index (χ4n) is 1.83. The molecule has 0 atom stereocenters. The molecule has 0 saturated carbocycles. The van der Waals surface area contributed by atoms with Crippen molar-refractivity contribution in [1.82, 2.24) is 0 Å². The van der Waals surface area contributed by atoms with Gasteiger partial charge < -0.3 is 10.1 Å². The number of rotatable bonds is 5. The number of halogens is 2. The molecule has 0 radical (unpaired) electrons. The molecule has 2 rings (SSSR count). The highest BCUT2D eigenvalue weighted by molar-refractivity contribution is 9.10. The van der Waals surface area contributed by atoms with Crippen molar-refractivity contribution in [2.75, 3.05) is 12.4 Å². The molecule has 110 valence electrons. The van der Waals surface area contributed by atoms with E-state index in [1.807, 2.05) is 0 Å². The number of nitro benzene ring substituents is 1. The Morgan fingerprint density at radius 2 is 2.10 bits per heavy atom. The third kappa shape index (κ3) is 3.86. The minimum Gasteiger partial charge on any atom is -0.495 e. The summed E-state index contributed by atoms with van der Waals surface area (Å²) in [6.07, 6.45) is 0. The molecule has 2 aromatic carbocycles. The largest absolute Gasteiger partial charge is 0.495 e. The number of methoxy groups -OCH3 is 1. The van der Waals surface area contributed by atoms with Gasteiger partial charge in [-0.2, -0.15) is 0 Å². The Bertz CT molecular complexity index is 679. The lowest BCUT2D eigenvalue weighted by Crippen LogP contribution is -2.03. The summed E-state index contributed by atoms with van der Waals surface area (Å²) in [5, 5.41) is 14.6. The maximum Gasteiger partial charge on any atom is 0.275 e. The van der Waals surface area contributed by atoms with E-state index in [1.165, 1.54) is 6.07 Å². The topological polar surface area (TPSA) is 64.4 Å². The van der Waals surface area contributed by atoms with Crippen molar-refractivity contribution in [2.24, 2.45) is 0 Å². The highest BCUT2D eigenvalue weighted by Gasteiger charge is 2.13. The summed E-state index contributed by atoms with van der Waals surface area (Å²) >= 11 is 9.26. The van der Waals surface area contributed by atoms with E-state index < -0.39 is 4.92 Å². The number of nitrogens with zero attached hydrogens (tertiary/aromatic N) is 1. The van der Waals surface area contributed by atoms with Gasteiger partial charge in [0.1, 0.15) is 5.75 Å². The van der Waals surface area contributed by atoms with Crippen molar-refractivity contribution in [3.05, 3.63) is 61.6 Å². The van der Waals surface area contributed by atoms with Crippen LogP contribution in [0.15, 0.2) is 40.9 Å². The third-order valence-corrected chi connectivity index (χ3v) is 3.67. The molecule has 2 aromatic rings. The normalized spacial score (nSPS) is 10.2. The van der Waals surface area contributed by atoms with Gasteiger partial charge in [-0.05, 0) is 30.3 Å². The van der Waals surface area contributed by atoms with Crippen LogP contribution in [0.5, 0.6) is 5.75 Å². The fourth-order valence-corrected chi connectivity index (χ4v) is 2.44. The number of hydrogen-bond donors (Lipinski definition) is 1. The van der Waals surface area contributed by atoms with Gasteiger partial charge in [0, 0.05) is 28.3 Å². The van der Waals surface area contributed by atoms with Gasteiger partial charge in [-0.25, -0.2) is 0 Å². The van der Waals surface area contributed by atoms with E-state index in [2.05, 4.69) is 21.2 Å². The zero-order chi connectivity index (χ0) is 15.4. The van der Waals surface area contributed by atoms with E-state index in [-0.39, 0.29) is 5.69 Å². The lowest BCUT2D eigenvalue weighted by atomic mass is 10.1. The highest BCUT2D eigenvalue weighted by atomic mass is 79.9. The number of ether oxygens (including phenoxy) is 1. The standard InChI is InChI=1S/C14H12BrClN2O3/c1-21-14-5-4-11(7-12(14)16)17-8-9-2-3-10(15)6-13(9)18(19)20/h2-7,17H,8H2,1H3. The molecule has 0 fully saturated rings. The molecule has 0 amide bonds. The zero-order valence-corrected chi connectivity index (χ0v) is 13.4. The summed E-state index contributed by atoms with van der Waals surface area (Å²) in [5.41, 5.74) is 1.42. The molecule has 0 bridgehead atoms. The van der Waals surface area contributed by atoms with Crippen molar-refractivity contribution < 1.29 is 9.66 Å². The summed E-state index contributed by atoms with van der Waals surface area (Å²) in [6.45, 7) is 0.326. The van der Waals surface area contributed by atoms with Gasteiger partial charge in [0.25, 0.3) is 5.69 Å². The predicted octanol–water partition coefficient (Wildman–Crippen LogP) is 4.63. The molecular formula is C14H12BrClN2O3. The first-order chi connectivity index (χ1) is 10.0. The van der Waals surface area contributed by atoms with E-state index in [4.69, 9.17) is 16.3 Å². The van der Waals surface area contributed by atoms with Gasteiger partial charge in [0.15, 0.2) is 0 Å². The smallest absolute Gasteiger partial charge is 0.275 e. The van der Waals surface area contributed by atoms with Crippen LogP contribution in [0.2, 0.25) is 5.02 Å². The number of hydrogen-bond acceptors (Lipinski definition) is 4. The second kappa shape index (κ2) is 6.78. The second-order valence-electron chi connectivity index (χ2n) is 4.23. The molecule has 0 unspecified atom stereocenters. The van der Waals surface area contributed by atoms with Gasteiger partial charge in [0.2, 0.25) is 0 Å². The molecule has 5 nitrogen and oxygen atoms in total. The van der Waals surface area contributed by atoms with Crippen molar-refractivity contribution in [3.63, 3.8) is 0 Å². The van der Waals surface area contributed by atoms with Crippen LogP contribution in [-0.4, -0.2) is 12.0 Å². The summed E-state index contributed by atoms with van der Waals surface area (Å²) < 4.78 is 5.74. The molecule has 0 aliphatic carbocycles. The lowest BCUT2D eigenvalue weighted by molar-refractivity contribution is -0.385. The van der Waals surface area contributed by atoms with Gasteiger partial charge in [-0.15, -0.1) is 0 Å². The van der Waals surface area contributed by atoms with Crippen molar-refractivity contribution in [3.8, 4) is 5.75 Å². The van der Waals surface area contributed by atoms with E-state index in [0.29, 0.717) is 27.4 Å². The molecule has 0 aromatic heterocycles. The SMILES string of the molecule is COc1ccc(NCc2ccc(Br)cc2[N+](=O)[O-])cc1Cl. The number of nitro groups is 1. The molecule has 0 heterocycles. The van der Waals surface area contributed by atoms with Crippen LogP contribution >= 0.6 is 27.5 Å². The Balaban J connectivity index is 2.16. The average molecular weight is 372 g/mol. The Morgan fingerprint density at radius 3 is 2.71 bits per heavy atom. The Morgan fingerprint density at radius 1 is 1.33 bits per heavy atom.